The summed E-state index contributed by atoms with van der Waals surface area (Å²) in [7, 11) is -0.468. The fraction of sp³-hybridized carbons (Fsp3) is 0.167. The van der Waals surface area contributed by atoms with Gasteiger partial charge in [0.25, 0.3) is 0 Å². The van der Waals surface area contributed by atoms with Gasteiger partial charge in [0.2, 0.25) is 0 Å². The SMILES string of the molecule is COc1cc(OC)cc(-c2ncoc2-c2ccc(OC)c(O)c2)c1.O=P([O-])([O-])O.[Na+].[Na+]. The first-order valence-corrected chi connectivity index (χ1v) is 9.45. The number of oxazole rings is 1. The van der Waals surface area contributed by atoms with E-state index in [1.165, 1.54) is 13.5 Å². The minimum atomic E-state index is -5.14. The van der Waals surface area contributed by atoms with Crippen molar-refractivity contribution in [2.75, 3.05) is 21.3 Å². The molecule has 0 unspecified atom stereocenters. The fourth-order valence-corrected chi connectivity index (χ4v) is 2.43. The van der Waals surface area contributed by atoms with Crippen LogP contribution in [-0.4, -0.2) is 36.3 Å². The van der Waals surface area contributed by atoms with Crippen molar-refractivity contribution in [3.05, 3.63) is 42.8 Å². The molecule has 0 aliphatic heterocycles. The first-order valence-electron chi connectivity index (χ1n) is 7.95. The standard InChI is InChI=1S/C18H17NO5.2Na.H3O4P/c1-21-13-6-12(7-14(9-13)22-2)17-18(24-10-19-17)11-4-5-16(23-3)15(20)8-11;;;1-5(2,3)4/h4-10,20H,1-3H3;;;(H3,1,2,3,4)/q;2*+1;/p-2. The Balaban J connectivity index is 0.00000116. The van der Waals surface area contributed by atoms with Gasteiger partial charge in [-0.05, 0) is 30.3 Å². The van der Waals surface area contributed by atoms with Crippen LogP contribution in [0.1, 0.15) is 0 Å². The third-order valence-corrected chi connectivity index (χ3v) is 3.63. The summed E-state index contributed by atoms with van der Waals surface area (Å²) in [5.41, 5.74) is 2.09. The molecular formula is C18H18NNa2O9P. The molecule has 2 N–H and O–H groups in total. The normalized spacial score (nSPS) is 10.0. The van der Waals surface area contributed by atoms with E-state index in [1.54, 1.807) is 38.5 Å². The number of ether oxygens (including phenoxy) is 3. The molecule has 3 rings (SSSR count). The van der Waals surface area contributed by atoms with Crippen molar-refractivity contribution in [1.29, 1.82) is 0 Å². The molecule has 1 aromatic heterocycles. The maximum atomic E-state index is 9.99. The number of aromatic hydroxyl groups is 1. The molecule has 13 heteroatoms. The van der Waals surface area contributed by atoms with Gasteiger partial charge in [0.15, 0.2) is 23.7 Å². The second-order valence-corrected chi connectivity index (χ2v) is 6.42. The third-order valence-electron chi connectivity index (χ3n) is 3.63. The van der Waals surface area contributed by atoms with Crippen LogP contribution in [0.3, 0.4) is 0 Å². The van der Waals surface area contributed by atoms with Gasteiger partial charge < -0.3 is 43.0 Å². The Morgan fingerprint density at radius 3 is 1.94 bits per heavy atom. The maximum absolute atomic E-state index is 9.99. The molecule has 0 saturated carbocycles. The first kappa shape index (κ1) is 30.0. The minimum Gasteiger partial charge on any atom is -0.790 e. The van der Waals surface area contributed by atoms with Gasteiger partial charge >= 0.3 is 59.1 Å². The van der Waals surface area contributed by atoms with Crippen LogP contribution >= 0.6 is 7.82 Å². The van der Waals surface area contributed by atoms with E-state index in [0.29, 0.717) is 34.3 Å². The van der Waals surface area contributed by atoms with Crippen LogP contribution < -0.4 is 83.1 Å². The largest absolute Gasteiger partial charge is 1.00 e. The Hall–Kier alpha value is -1.04. The zero-order valence-corrected chi connectivity index (χ0v) is 22.6. The van der Waals surface area contributed by atoms with E-state index in [9.17, 15) is 5.11 Å². The molecule has 10 nitrogen and oxygen atoms in total. The summed E-state index contributed by atoms with van der Waals surface area (Å²) >= 11 is 0. The van der Waals surface area contributed by atoms with Gasteiger partial charge in [-0.15, -0.1) is 0 Å². The topological polar surface area (TPSA) is 157 Å². The number of aromatic nitrogens is 1. The zero-order chi connectivity index (χ0) is 21.6. The quantitative estimate of drug-likeness (QED) is 0.276. The van der Waals surface area contributed by atoms with Crippen LogP contribution in [0.15, 0.2) is 47.2 Å². The molecule has 0 saturated heterocycles. The van der Waals surface area contributed by atoms with E-state index in [2.05, 4.69) is 4.98 Å². The van der Waals surface area contributed by atoms with Crippen LogP contribution in [0.2, 0.25) is 0 Å². The van der Waals surface area contributed by atoms with Crippen molar-refractivity contribution in [2.24, 2.45) is 0 Å². The first-order chi connectivity index (χ1) is 13.7. The van der Waals surface area contributed by atoms with Crippen molar-refractivity contribution >= 4 is 7.82 Å². The molecule has 0 fully saturated rings. The van der Waals surface area contributed by atoms with Gasteiger partial charge in [-0.25, -0.2) is 4.98 Å². The van der Waals surface area contributed by atoms with Gasteiger partial charge in [0.1, 0.15) is 17.2 Å². The van der Waals surface area contributed by atoms with E-state index in [4.69, 9.17) is 37.9 Å². The van der Waals surface area contributed by atoms with Crippen LogP contribution in [-0.2, 0) is 4.57 Å². The Bertz CT molecular complexity index is 993. The maximum Gasteiger partial charge on any atom is 1.00 e. The predicted molar refractivity (Wildman–Crippen MR) is 98.5 cm³/mol. The van der Waals surface area contributed by atoms with E-state index in [1.807, 2.05) is 12.1 Å². The molecule has 156 valence electrons. The van der Waals surface area contributed by atoms with Crippen molar-refractivity contribution in [1.82, 2.24) is 4.98 Å². The third kappa shape index (κ3) is 9.15. The molecule has 0 radical (unpaired) electrons. The Morgan fingerprint density at radius 2 is 1.48 bits per heavy atom. The fourth-order valence-electron chi connectivity index (χ4n) is 2.43. The number of rotatable bonds is 5. The van der Waals surface area contributed by atoms with Crippen molar-refractivity contribution in [2.45, 2.75) is 0 Å². The molecule has 31 heavy (non-hydrogen) atoms. The second kappa shape index (κ2) is 13.5. The minimum absolute atomic E-state index is 0. The van der Waals surface area contributed by atoms with Gasteiger partial charge in [0, 0.05) is 17.2 Å². The van der Waals surface area contributed by atoms with Crippen LogP contribution in [0.25, 0.3) is 22.6 Å². The van der Waals surface area contributed by atoms with Gasteiger partial charge in [-0.1, -0.05) is 0 Å². The number of benzene rings is 2. The zero-order valence-electron chi connectivity index (χ0n) is 17.7. The Kier molecular flexibility index (Phi) is 13.0. The number of hydrogen-bond donors (Lipinski definition) is 2. The van der Waals surface area contributed by atoms with Gasteiger partial charge in [-0.3, -0.25) is 0 Å². The van der Waals surface area contributed by atoms with Crippen LogP contribution in [0.5, 0.6) is 23.0 Å². The summed E-state index contributed by atoms with van der Waals surface area (Å²) in [5.74, 6) is 2.25. The molecule has 0 bridgehead atoms. The molecule has 1 heterocycles. The Morgan fingerprint density at radius 1 is 0.935 bits per heavy atom. The molecule has 0 aliphatic rings. The summed E-state index contributed by atoms with van der Waals surface area (Å²) < 4.78 is 29.9. The van der Waals surface area contributed by atoms with E-state index in [0.717, 1.165) is 5.56 Å². The van der Waals surface area contributed by atoms with E-state index in [-0.39, 0.29) is 64.9 Å². The van der Waals surface area contributed by atoms with Crippen molar-refractivity contribution in [3.8, 4) is 45.6 Å². The molecular weight excluding hydrogens is 451 g/mol. The molecule has 3 aromatic rings. The smallest absolute Gasteiger partial charge is 0.790 e. The summed E-state index contributed by atoms with van der Waals surface area (Å²) in [6.45, 7) is 0. The molecule has 0 amide bonds. The summed E-state index contributed by atoms with van der Waals surface area (Å²) in [6.07, 6.45) is 1.36. The molecule has 0 spiro atoms. The van der Waals surface area contributed by atoms with Crippen molar-refractivity contribution < 1.29 is 102 Å². The monoisotopic (exact) mass is 469 g/mol. The Labute approximate surface area is 223 Å². The number of phenolic OH excluding ortho intramolecular Hbond substituents is 1. The van der Waals surface area contributed by atoms with Gasteiger partial charge in [0.05, 0.1) is 29.2 Å². The number of hydrogen-bond acceptors (Lipinski definition) is 9. The average molecular weight is 469 g/mol. The summed E-state index contributed by atoms with van der Waals surface area (Å²) in [5, 5.41) is 9.99. The number of phenols is 1. The summed E-state index contributed by atoms with van der Waals surface area (Å²) in [4.78, 5) is 28.6. The van der Waals surface area contributed by atoms with E-state index >= 15 is 0 Å². The number of nitrogens with zero attached hydrogens (tertiary/aromatic N) is 1. The second-order valence-electron chi connectivity index (χ2n) is 5.49. The molecule has 2 aromatic carbocycles. The van der Waals surface area contributed by atoms with Crippen LogP contribution in [0.4, 0.5) is 0 Å². The summed E-state index contributed by atoms with van der Waals surface area (Å²) in [6, 6.07) is 10.5. The predicted octanol–water partition coefficient (Wildman–Crippen LogP) is -4.44. The number of phosphoric acid groups is 1. The average Bonchev–Trinajstić information content (AvgIpc) is 3.16. The number of methoxy groups -OCH3 is 3. The molecule has 0 atom stereocenters. The van der Waals surface area contributed by atoms with E-state index < -0.39 is 7.82 Å². The van der Waals surface area contributed by atoms with Gasteiger partial charge in [-0.2, -0.15) is 0 Å². The van der Waals surface area contributed by atoms with Crippen molar-refractivity contribution in [3.63, 3.8) is 0 Å². The van der Waals surface area contributed by atoms with Crippen LogP contribution in [0, 0.1) is 0 Å². The molecule has 0 aliphatic carbocycles.